The third-order valence-electron chi connectivity index (χ3n) is 3.65. The Labute approximate surface area is 117 Å². The smallest absolute Gasteiger partial charge is 0.227 e. The van der Waals surface area contributed by atoms with Gasteiger partial charge in [-0.05, 0) is 18.9 Å². The Morgan fingerprint density at radius 3 is 2.90 bits per heavy atom. The predicted octanol–water partition coefficient (Wildman–Crippen LogP) is 2.11. The molecular weight excluding hydrogens is 258 g/mol. The van der Waals surface area contributed by atoms with E-state index in [1.165, 1.54) is 0 Å². The number of ether oxygens (including phenoxy) is 2. The van der Waals surface area contributed by atoms with Gasteiger partial charge in [-0.3, -0.25) is 4.98 Å². The highest BCUT2D eigenvalue weighted by Gasteiger charge is 2.44. The summed E-state index contributed by atoms with van der Waals surface area (Å²) in [6.45, 7) is 0.739. The molecule has 0 radical (unpaired) electrons. The molecule has 0 N–H and O–H groups in total. The van der Waals surface area contributed by atoms with Crippen LogP contribution in [0.3, 0.4) is 0 Å². The van der Waals surface area contributed by atoms with Crippen molar-refractivity contribution >= 4 is 0 Å². The van der Waals surface area contributed by atoms with Crippen LogP contribution in [-0.2, 0) is 11.2 Å². The van der Waals surface area contributed by atoms with Crippen molar-refractivity contribution in [3.63, 3.8) is 0 Å². The molecule has 3 rings (SSSR count). The molecule has 1 fully saturated rings. The lowest BCUT2D eigenvalue weighted by molar-refractivity contribution is 0.135. The third-order valence-corrected chi connectivity index (χ3v) is 3.65. The zero-order valence-electron chi connectivity index (χ0n) is 11.6. The van der Waals surface area contributed by atoms with Crippen molar-refractivity contribution in [1.29, 1.82) is 0 Å². The van der Waals surface area contributed by atoms with Crippen LogP contribution in [0.5, 0.6) is 5.75 Å². The summed E-state index contributed by atoms with van der Waals surface area (Å²) >= 11 is 0. The molecule has 0 saturated heterocycles. The maximum atomic E-state index is 5.35. The highest BCUT2D eigenvalue weighted by molar-refractivity contribution is 5.62. The zero-order chi connectivity index (χ0) is 14.0. The molecule has 6 nitrogen and oxygen atoms in total. The molecule has 1 aliphatic carbocycles. The summed E-state index contributed by atoms with van der Waals surface area (Å²) in [4.78, 5) is 8.47. The van der Waals surface area contributed by atoms with Crippen molar-refractivity contribution in [1.82, 2.24) is 15.1 Å². The number of hydrogen-bond acceptors (Lipinski definition) is 6. The average molecular weight is 275 g/mol. The van der Waals surface area contributed by atoms with Gasteiger partial charge in [0.25, 0.3) is 0 Å². The highest BCUT2D eigenvalue weighted by atomic mass is 16.5. The molecule has 2 heterocycles. The Kier molecular flexibility index (Phi) is 3.40. The second kappa shape index (κ2) is 5.20. The summed E-state index contributed by atoms with van der Waals surface area (Å²) in [6, 6.07) is 1.81. The van der Waals surface area contributed by atoms with Gasteiger partial charge in [-0.15, -0.1) is 0 Å². The molecule has 0 bridgehead atoms. The fourth-order valence-electron chi connectivity index (χ4n) is 2.34. The van der Waals surface area contributed by atoms with Crippen molar-refractivity contribution < 1.29 is 14.0 Å². The summed E-state index contributed by atoms with van der Waals surface area (Å²) in [7, 11) is 3.32. The number of pyridine rings is 1. The predicted molar refractivity (Wildman–Crippen MR) is 71.3 cm³/mol. The van der Waals surface area contributed by atoms with Gasteiger partial charge < -0.3 is 14.0 Å². The monoisotopic (exact) mass is 275 g/mol. The summed E-state index contributed by atoms with van der Waals surface area (Å²) in [5.74, 6) is 1.82. The van der Waals surface area contributed by atoms with E-state index in [4.69, 9.17) is 14.0 Å². The molecule has 106 valence electrons. The molecule has 2 aromatic heterocycles. The van der Waals surface area contributed by atoms with Crippen LogP contribution in [0.15, 0.2) is 23.0 Å². The van der Waals surface area contributed by atoms with E-state index in [0.717, 1.165) is 31.4 Å². The molecule has 0 aliphatic heterocycles. The van der Waals surface area contributed by atoms with Gasteiger partial charge >= 0.3 is 0 Å². The van der Waals surface area contributed by atoms with Gasteiger partial charge in [-0.1, -0.05) is 5.16 Å². The second-order valence-electron chi connectivity index (χ2n) is 5.20. The first-order valence-electron chi connectivity index (χ1n) is 6.56. The fraction of sp³-hybridized carbons (Fsp3) is 0.500. The van der Waals surface area contributed by atoms with Gasteiger partial charge in [-0.25, -0.2) is 0 Å². The molecule has 2 aromatic rings. The van der Waals surface area contributed by atoms with E-state index < -0.39 is 0 Å². The first-order valence-corrected chi connectivity index (χ1v) is 6.56. The quantitative estimate of drug-likeness (QED) is 0.804. The maximum Gasteiger partial charge on any atom is 0.227 e. The Hall–Kier alpha value is -1.95. The topological polar surface area (TPSA) is 70.3 Å². The van der Waals surface area contributed by atoms with Gasteiger partial charge in [-0.2, -0.15) is 4.98 Å². The number of hydrogen-bond donors (Lipinski definition) is 0. The number of aromatic nitrogens is 3. The Bertz CT molecular complexity index is 593. The fourth-order valence-corrected chi connectivity index (χ4v) is 2.34. The van der Waals surface area contributed by atoms with Crippen molar-refractivity contribution in [2.45, 2.75) is 19.3 Å². The van der Waals surface area contributed by atoms with Gasteiger partial charge in [0.1, 0.15) is 5.75 Å². The molecule has 0 spiro atoms. The standard InChI is InChI=1S/C14H17N3O3/c1-18-9-14(4-5-14)7-12-16-13(17-20-12)10-3-6-15-8-11(10)19-2/h3,6,8H,4-5,7,9H2,1-2H3. The number of nitrogens with zero attached hydrogens (tertiary/aromatic N) is 3. The molecule has 1 aliphatic rings. The van der Waals surface area contributed by atoms with Crippen molar-refractivity contribution in [2.75, 3.05) is 20.8 Å². The second-order valence-corrected chi connectivity index (χ2v) is 5.20. The van der Waals surface area contributed by atoms with E-state index >= 15 is 0 Å². The third kappa shape index (κ3) is 2.51. The number of methoxy groups -OCH3 is 2. The highest BCUT2D eigenvalue weighted by Crippen LogP contribution is 2.48. The van der Waals surface area contributed by atoms with Crippen LogP contribution in [0.2, 0.25) is 0 Å². The Balaban J connectivity index is 1.80. The number of rotatable bonds is 6. The van der Waals surface area contributed by atoms with Crippen molar-refractivity contribution in [2.24, 2.45) is 5.41 Å². The van der Waals surface area contributed by atoms with E-state index in [1.54, 1.807) is 26.6 Å². The molecule has 20 heavy (non-hydrogen) atoms. The molecule has 1 saturated carbocycles. The van der Waals surface area contributed by atoms with Crippen molar-refractivity contribution in [3.8, 4) is 17.1 Å². The zero-order valence-corrected chi connectivity index (χ0v) is 11.6. The van der Waals surface area contributed by atoms with Crippen molar-refractivity contribution in [3.05, 3.63) is 24.4 Å². The van der Waals surface area contributed by atoms with Crippen LogP contribution in [0, 0.1) is 5.41 Å². The average Bonchev–Trinajstić information content (AvgIpc) is 3.06. The summed E-state index contributed by atoms with van der Waals surface area (Å²) in [5.41, 5.74) is 0.982. The van der Waals surface area contributed by atoms with Crippen LogP contribution < -0.4 is 4.74 Å². The van der Waals surface area contributed by atoms with Crippen LogP contribution in [0.4, 0.5) is 0 Å². The van der Waals surface area contributed by atoms with E-state index in [9.17, 15) is 0 Å². The molecule has 6 heteroatoms. The minimum atomic E-state index is 0.195. The van der Waals surface area contributed by atoms with E-state index in [-0.39, 0.29) is 5.41 Å². The first kappa shape index (κ1) is 13.1. The largest absolute Gasteiger partial charge is 0.494 e. The van der Waals surface area contributed by atoms with Gasteiger partial charge in [0.2, 0.25) is 11.7 Å². The Morgan fingerprint density at radius 1 is 1.35 bits per heavy atom. The first-order chi connectivity index (χ1) is 9.76. The molecule has 0 unspecified atom stereocenters. The van der Waals surface area contributed by atoms with Gasteiger partial charge in [0, 0.05) is 25.1 Å². The minimum absolute atomic E-state index is 0.195. The lowest BCUT2D eigenvalue weighted by Crippen LogP contribution is -2.12. The van der Waals surface area contributed by atoms with Gasteiger partial charge in [0.15, 0.2) is 0 Å². The van der Waals surface area contributed by atoms with Crippen LogP contribution in [0.25, 0.3) is 11.4 Å². The lowest BCUT2D eigenvalue weighted by atomic mass is 10.0. The maximum absolute atomic E-state index is 5.35. The SMILES string of the molecule is COCC1(Cc2nc(-c3ccncc3OC)no2)CC1. The molecule has 0 amide bonds. The Morgan fingerprint density at radius 2 is 2.20 bits per heavy atom. The van der Waals surface area contributed by atoms with Crippen LogP contribution in [-0.4, -0.2) is 36.0 Å². The molecule has 0 atom stereocenters. The summed E-state index contributed by atoms with van der Waals surface area (Å²) < 4.78 is 15.9. The van der Waals surface area contributed by atoms with E-state index in [1.807, 2.05) is 6.07 Å². The summed E-state index contributed by atoms with van der Waals surface area (Å²) in [5, 5.41) is 4.03. The van der Waals surface area contributed by atoms with E-state index in [0.29, 0.717) is 17.5 Å². The summed E-state index contributed by atoms with van der Waals surface area (Å²) in [6.07, 6.45) is 6.38. The minimum Gasteiger partial charge on any atom is -0.494 e. The van der Waals surface area contributed by atoms with Gasteiger partial charge in [0.05, 0.1) is 25.5 Å². The molecule has 0 aromatic carbocycles. The normalized spacial score (nSPS) is 16.1. The van der Waals surface area contributed by atoms with Crippen LogP contribution in [0.1, 0.15) is 18.7 Å². The van der Waals surface area contributed by atoms with E-state index in [2.05, 4.69) is 15.1 Å². The lowest BCUT2D eigenvalue weighted by Gasteiger charge is -2.09. The molecular formula is C14H17N3O3. The van der Waals surface area contributed by atoms with Crippen LogP contribution >= 0.6 is 0 Å².